The molecule has 2 N–H and O–H groups in total. The van der Waals surface area contributed by atoms with Gasteiger partial charge in [-0.1, -0.05) is 17.7 Å². The second-order valence-electron chi connectivity index (χ2n) is 6.35. The molecule has 0 saturated heterocycles. The maximum Gasteiger partial charge on any atom is 0.325 e. The van der Waals surface area contributed by atoms with Crippen molar-refractivity contribution in [1.82, 2.24) is 4.98 Å². The lowest BCUT2D eigenvalue weighted by atomic mass is 9.98. The number of carbonyl (C=O) groups is 1. The zero-order valence-corrected chi connectivity index (χ0v) is 16.7. The van der Waals surface area contributed by atoms with Crippen molar-refractivity contribution in [3.05, 3.63) is 58.5 Å². The molecular formula is C21H23N3O2S. The maximum absolute atomic E-state index is 12.2. The van der Waals surface area contributed by atoms with Crippen molar-refractivity contribution < 1.29 is 9.53 Å². The molecule has 2 amide bonds. The summed E-state index contributed by atoms with van der Waals surface area (Å²) in [5.74, 6) is 0.775. The van der Waals surface area contributed by atoms with Gasteiger partial charge in [-0.2, -0.15) is 0 Å². The molecule has 0 saturated carbocycles. The Kier molecular flexibility index (Phi) is 5.76. The number of aromatic nitrogens is 1. The summed E-state index contributed by atoms with van der Waals surface area (Å²) >= 11 is 1.41. The molecule has 0 aliphatic carbocycles. The van der Waals surface area contributed by atoms with Gasteiger partial charge < -0.3 is 10.1 Å². The third kappa shape index (κ3) is 4.65. The van der Waals surface area contributed by atoms with E-state index in [2.05, 4.69) is 48.5 Å². The van der Waals surface area contributed by atoms with Crippen LogP contribution >= 0.6 is 11.3 Å². The summed E-state index contributed by atoms with van der Waals surface area (Å²) < 4.78 is 5.40. The highest BCUT2D eigenvalue weighted by molar-refractivity contribution is 7.14. The van der Waals surface area contributed by atoms with E-state index in [1.54, 1.807) is 12.1 Å². The highest BCUT2D eigenvalue weighted by Gasteiger charge is 2.12. The Morgan fingerprint density at radius 1 is 1.07 bits per heavy atom. The Bertz CT molecular complexity index is 925. The molecule has 2 aromatic carbocycles. The summed E-state index contributed by atoms with van der Waals surface area (Å²) in [6.45, 7) is 8.80. The molecule has 1 heterocycles. The third-order valence-corrected chi connectivity index (χ3v) is 4.84. The normalized spacial score (nSPS) is 10.5. The number of urea groups is 1. The van der Waals surface area contributed by atoms with Crippen molar-refractivity contribution in [1.29, 1.82) is 0 Å². The van der Waals surface area contributed by atoms with E-state index in [0.29, 0.717) is 17.4 Å². The Hall–Kier alpha value is -2.86. The topological polar surface area (TPSA) is 63.2 Å². The zero-order valence-electron chi connectivity index (χ0n) is 15.9. The molecule has 0 unspecified atom stereocenters. The molecule has 140 valence electrons. The molecule has 3 aromatic rings. The lowest BCUT2D eigenvalue weighted by molar-refractivity contribution is 0.262. The van der Waals surface area contributed by atoms with E-state index in [9.17, 15) is 4.79 Å². The van der Waals surface area contributed by atoms with Gasteiger partial charge in [0.1, 0.15) is 5.75 Å². The largest absolute Gasteiger partial charge is 0.494 e. The molecule has 6 heteroatoms. The highest BCUT2D eigenvalue weighted by Crippen LogP contribution is 2.31. The summed E-state index contributed by atoms with van der Waals surface area (Å²) in [7, 11) is 0. The van der Waals surface area contributed by atoms with Crippen molar-refractivity contribution in [2.24, 2.45) is 0 Å². The Labute approximate surface area is 163 Å². The maximum atomic E-state index is 12.2. The van der Waals surface area contributed by atoms with Crippen molar-refractivity contribution in [2.45, 2.75) is 27.7 Å². The minimum Gasteiger partial charge on any atom is -0.494 e. The molecule has 3 rings (SSSR count). The summed E-state index contributed by atoms with van der Waals surface area (Å²) in [6.07, 6.45) is 0. The number of ether oxygens (including phenoxy) is 1. The van der Waals surface area contributed by atoms with Crippen LogP contribution in [-0.2, 0) is 0 Å². The SMILES string of the molecule is CCOc1ccc(NC(=O)Nc2nc(-c3c(C)cc(C)cc3C)cs2)cc1. The first kappa shape index (κ1) is 18.9. The number of rotatable bonds is 5. The molecule has 0 fully saturated rings. The van der Waals surface area contributed by atoms with E-state index in [1.165, 1.54) is 28.0 Å². The average molecular weight is 382 g/mol. The quantitative estimate of drug-likeness (QED) is 0.589. The van der Waals surface area contributed by atoms with Crippen LogP contribution in [-0.4, -0.2) is 17.6 Å². The fourth-order valence-electron chi connectivity index (χ4n) is 3.09. The number of hydrogen-bond donors (Lipinski definition) is 2. The molecule has 0 aliphatic heterocycles. The molecule has 0 atom stereocenters. The fraction of sp³-hybridized carbons (Fsp3) is 0.238. The molecule has 0 radical (unpaired) electrons. The van der Waals surface area contributed by atoms with Crippen molar-refractivity contribution in [3.8, 4) is 17.0 Å². The monoisotopic (exact) mass is 381 g/mol. The van der Waals surface area contributed by atoms with Crippen LogP contribution in [0.3, 0.4) is 0 Å². The van der Waals surface area contributed by atoms with E-state index >= 15 is 0 Å². The smallest absolute Gasteiger partial charge is 0.325 e. The van der Waals surface area contributed by atoms with Gasteiger partial charge in [-0.25, -0.2) is 9.78 Å². The minimum atomic E-state index is -0.322. The first-order valence-electron chi connectivity index (χ1n) is 8.81. The number of nitrogens with zero attached hydrogens (tertiary/aromatic N) is 1. The van der Waals surface area contributed by atoms with Crippen molar-refractivity contribution >= 4 is 28.2 Å². The molecule has 0 spiro atoms. The van der Waals surface area contributed by atoms with Gasteiger partial charge >= 0.3 is 6.03 Å². The van der Waals surface area contributed by atoms with Crippen LogP contribution in [0.2, 0.25) is 0 Å². The van der Waals surface area contributed by atoms with Crippen LogP contribution in [0.4, 0.5) is 15.6 Å². The molecule has 0 bridgehead atoms. The Balaban J connectivity index is 1.68. The number of amides is 2. The number of hydrogen-bond acceptors (Lipinski definition) is 4. The lowest BCUT2D eigenvalue weighted by Crippen LogP contribution is -2.19. The number of anilines is 2. The predicted molar refractivity (Wildman–Crippen MR) is 112 cm³/mol. The molecule has 5 nitrogen and oxygen atoms in total. The highest BCUT2D eigenvalue weighted by atomic mass is 32.1. The van der Waals surface area contributed by atoms with Crippen LogP contribution in [0.15, 0.2) is 41.8 Å². The van der Waals surface area contributed by atoms with Gasteiger partial charge in [0.05, 0.1) is 12.3 Å². The van der Waals surface area contributed by atoms with E-state index < -0.39 is 0 Å². The first-order valence-corrected chi connectivity index (χ1v) is 9.69. The van der Waals surface area contributed by atoms with Crippen LogP contribution in [0.1, 0.15) is 23.6 Å². The van der Waals surface area contributed by atoms with Crippen molar-refractivity contribution in [2.75, 3.05) is 17.2 Å². The zero-order chi connectivity index (χ0) is 19.4. The average Bonchev–Trinajstić information content (AvgIpc) is 3.03. The molecule has 27 heavy (non-hydrogen) atoms. The van der Waals surface area contributed by atoms with E-state index in [-0.39, 0.29) is 6.03 Å². The summed E-state index contributed by atoms with van der Waals surface area (Å²) in [4.78, 5) is 16.8. The Morgan fingerprint density at radius 2 is 1.74 bits per heavy atom. The van der Waals surface area contributed by atoms with E-state index in [4.69, 9.17) is 4.74 Å². The summed E-state index contributed by atoms with van der Waals surface area (Å²) in [5.41, 5.74) is 6.30. The number of carbonyl (C=O) groups excluding carboxylic acids is 1. The van der Waals surface area contributed by atoms with E-state index in [1.807, 2.05) is 24.4 Å². The Morgan fingerprint density at radius 3 is 2.37 bits per heavy atom. The van der Waals surface area contributed by atoms with E-state index in [0.717, 1.165) is 17.0 Å². The fourth-order valence-corrected chi connectivity index (χ4v) is 3.79. The van der Waals surface area contributed by atoms with Gasteiger partial charge in [0.2, 0.25) is 0 Å². The third-order valence-electron chi connectivity index (χ3n) is 4.08. The number of aryl methyl sites for hydroxylation is 3. The van der Waals surface area contributed by atoms with Crippen molar-refractivity contribution in [3.63, 3.8) is 0 Å². The molecular weight excluding hydrogens is 358 g/mol. The number of nitrogens with one attached hydrogen (secondary N) is 2. The van der Waals surface area contributed by atoms with Gasteiger partial charge in [0, 0.05) is 16.6 Å². The second kappa shape index (κ2) is 8.22. The van der Waals surface area contributed by atoms with Crippen LogP contribution in [0.25, 0.3) is 11.3 Å². The second-order valence-corrected chi connectivity index (χ2v) is 7.21. The number of benzene rings is 2. The van der Waals surface area contributed by atoms with Gasteiger partial charge in [0.15, 0.2) is 5.13 Å². The summed E-state index contributed by atoms with van der Waals surface area (Å²) in [5, 5.41) is 8.13. The van der Waals surface area contributed by atoms with Gasteiger partial charge in [-0.15, -0.1) is 11.3 Å². The first-order chi connectivity index (χ1) is 13.0. The van der Waals surface area contributed by atoms with Gasteiger partial charge in [-0.3, -0.25) is 5.32 Å². The molecule has 1 aromatic heterocycles. The summed E-state index contributed by atoms with van der Waals surface area (Å²) in [6, 6.07) is 11.2. The van der Waals surface area contributed by atoms with Crippen LogP contribution in [0, 0.1) is 20.8 Å². The van der Waals surface area contributed by atoms with Crippen LogP contribution in [0.5, 0.6) is 5.75 Å². The predicted octanol–water partition coefficient (Wildman–Crippen LogP) is 5.78. The molecule has 0 aliphatic rings. The number of thiazole rings is 1. The lowest BCUT2D eigenvalue weighted by Gasteiger charge is -2.09. The van der Waals surface area contributed by atoms with Crippen LogP contribution < -0.4 is 15.4 Å². The standard InChI is InChI=1S/C21H23N3O2S/c1-5-26-17-8-6-16(7-9-17)22-20(25)24-21-23-18(12-27-21)19-14(3)10-13(2)11-15(19)4/h6-12H,5H2,1-4H3,(H2,22,23,24,25). The minimum absolute atomic E-state index is 0.322. The van der Waals surface area contributed by atoms with Gasteiger partial charge in [0.25, 0.3) is 0 Å². The van der Waals surface area contributed by atoms with Gasteiger partial charge in [-0.05, 0) is 63.1 Å².